The SMILES string of the molecule is CC(C)(C)N(Cc1ccccc1)C(=O)CCC(=O)N1CCC[C@H]1C(=O)C(=O)O. The Balaban J connectivity index is 2.00. The van der Waals surface area contributed by atoms with Crippen LogP contribution in [-0.2, 0) is 25.7 Å². The summed E-state index contributed by atoms with van der Waals surface area (Å²) in [5.74, 6) is -2.98. The largest absolute Gasteiger partial charge is 0.475 e. The summed E-state index contributed by atoms with van der Waals surface area (Å²) in [5.41, 5.74) is 0.592. The lowest BCUT2D eigenvalue weighted by molar-refractivity contribution is -0.153. The number of benzene rings is 1. The molecule has 152 valence electrons. The number of carboxylic acids is 1. The second-order valence-electron chi connectivity index (χ2n) is 8.05. The molecule has 0 radical (unpaired) electrons. The summed E-state index contributed by atoms with van der Waals surface area (Å²) < 4.78 is 0. The first-order valence-electron chi connectivity index (χ1n) is 9.52. The van der Waals surface area contributed by atoms with E-state index >= 15 is 0 Å². The maximum atomic E-state index is 12.8. The zero-order chi connectivity index (χ0) is 20.9. The molecule has 0 aromatic heterocycles. The van der Waals surface area contributed by atoms with Crippen LogP contribution in [-0.4, -0.2) is 56.6 Å². The van der Waals surface area contributed by atoms with Gasteiger partial charge in [-0.15, -0.1) is 0 Å². The highest BCUT2D eigenvalue weighted by Crippen LogP contribution is 2.22. The Labute approximate surface area is 165 Å². The number of carbonyl (C=O) groups is 4. The number of aliphatic carboxylic acids is 1. The third-order valence-electron chi connectivity index (χ3n) is 4.93. The van der Waals surface area contributed by atoms with Gasteiger partial charge in [-0.1, -0.05) is 30.3 Å². The average molecular weight is 388 g/mol. The average Bonchev–Trinajstić information content (AvgIpc) is 3.12. The van der Waals surface area contributed by atoms with E-state index < -0.39 is 23.3 Å². The molecule has 1 N–H and O–H groups in total. The summed E-state index contributed by atoms with van der Waals surface area (Å²) in [6, 6.07) is 8.72. The summed E-state index contributed by atoms with van der Waals surface area (Å²) >= 11 is 0. The fourth-order valence-corrected chi connectivity index (χ4v) is 3.44. The standard InChI is InChI=1S/C21H28N2O5/c1-21(2,3)23(14-15-8-5-4-6-9-15)18(25)12-11-17(24)22-13-7-10-16(22)19(26)20(27)28/h4-6,8-9,16H,7,10-14H2,1-3H3,(H,27,28)/t16-/m0/s1. The fraction of sp³-hybridized carbons (Fsp3) is 0.524. The van der Waals surface area contributed by atoms with Gasteiger partial charge in [-0.05, 0) is 39.2 Å². The molecule has 1 aliphatic rings. The molecule has 0 aliphatic carbocycles. The summed E-state index contributed by atoms with van der Waals surface area (Å²) in [7, 11) is 0. The molecule has 1 aromatic rings. The van der Waals surface area contributed by atoms with Crippen LogP contribution in [0, 0.1) is 0 Å². The molecule has 1 atom stereocenters. The minimum absolute atomic E-state index is 0.0212. The van der Waals surface area contributed by atoms with E-state index in [1.807, 2.05) is 51.1 Å². The first-order chi connectivity index (χ1) is 13.1. The maximum Gasteiger partial charge on any atom is 0.374 e. The molecule has 0 bridgehead atoms. The van der Waals surface area contributed by atoms with E-state index in [2.05, 4.69) is 0 Å². The number of hydrogen-bond donors (Lipinski definition) is 1. The molecule has 0 saturated carbocycles. The van der Waals surface area contributed by atoms with Crippen LogP contribution >= 0.6 is 0 Å². The monoisotopic (exact) mass is 388 g/mol. The molecular weight excluding hydrogens is 360 g/mol. The molecule has 2 amide bonds. The number of likely N-dealkylation sites (tertiary alicyclic amines) is 1. The van der Waals surface area contributed by atoms with Crippen molar-refractivity contribution in [2.24, 2.45) is 0 Å². The van der Waals surface area contributed by atoms with E-state index in [1.165, 1.54) is 4.90 Å². The number of hydrogen-bond acceptors (Lipinski definition) is 4. The van der Waals surface area contributed by atoms with Crippen molar-refractivity contribution in [3.8, 4) is 0 Å². The summed E-state index contributed by atoms with van der Waals surface area (Å²) in [4.78, 5) is 51.1. The van der Waals surface area contributed by atoms with Crippen molar-refractivity contribution in [3.05, 3.63) is 35.9 Å². The van der Waals surface area contributed by atoms with Gasteiger partial charge in [0.25, 0.3) is 5.78 Å². The Morgan fingerprint density at radius 3 is 2.32 bits per heavy atom. The lowest BCUT2D eigenvalue weighted by Crippen LogP contribution is -2.46. The quantitative estimate of drug-likeness (QED) is 0.723. The number of carboxylic acid groups (broad SMARTS) is 1. The van der Waals surface area contributed by atoms with Crippen molar-refractivity contribution in [2.45, 2.75) is 64.6 Å². The lowest BCUT2D eigenvalue weighted by Gasteiger charge is -2.36. The molecule has 1 aliphatic heterocycles. The number of ketones is 1. The highest BCUT2D eigenvalue weighted by Gasteiger charge is 2.37. The van der Waals surface area contributed by atoms with Gasteiger partial charge >= 0.3 is 5.97 Å². The van der Waals surface area contributed by atoms with Crippen LogP contribution in [0.4, 0.5) is 0 Å². The molecule has 7 nitrogen and oxygen atoms in total. The van der Waals surface area contributed by atoms with E-state index in [1.54, 1.807) is 4.90 Å². The van der Waals surface area contributed by atoms with Crippen LogP contribution in [0.1, 0.15) is 52.0 Å². The Hall–Kier alpha value is -2.70. The van der Waals surface area contributed by atoms with Crippen LogP contribution < -0.4 is 0 Å². The molecular formula is C21H28N2O5. The topological polar surface area (TPSA) is 95.0 Å². The predicted octanol–water partition coefficient (Wildman–Crippen LogP) is 2.24. The van der Waals surface area contributed by atoms with Gasteiger partial charge in [-0.2, -0.15) is 0 Å². The molecule has 1 heterocycles. The highest BCUT2D eigenvalue weighted by molar-refractivity contribution is 6.35. The Bertz CT molecular complexity index is 739. The van der Waals surface area contributed by atoms with Gasteiger partial charge in [0.05, 0.1) is 0 Å². The predicted molar refractivity (Wildman–Crippen MR) is 103 cm³/mol. The number of carbonyl (C=O) groups excluding carboxylic acids is 3. The molecule has 28 heavy (non-hydrogen) atoms. The van der Waals surface area contributed by atoms with Gasteiger partial charge in [0.15, 0.2) is 0 Å². The summed E-state index contributed by atoms with van der Waals surface area (Å²) in [6.45, 7) is 6.62. The van der Waals surface area contributed by atoms with Gasteiger partial charge in [-0.25, -0.2) is 4.79 Å². The van der Waals surface area contributed by atoms with Crippen LogP contribution in [0.25, 0.3) is 0 Å². The number of nitrogens with zero attached hydrogens (tertiary/aromatic N) is 2. The van der Waals surface area contributed by atoms with Crippen LogP contribution in [0.2, 0.25) is 0 Å². The van der Waals surface area contributed by atoms with Crippen molar-refractivity contribution >= 4 is 23.6 Å². The van der Waals surface area contributed by atoms with Crippen molar-refractivity contribution in [2.75, 3.05) is 6.54 Å². The van der Waals surface area contributed by atoms with Crippen molar-refractivity contribution in [1.82, 2.24) is 9.80 Å². The molecule has 1 saturated heterocycles. The van der Waals surface area contributed by atoms with Gasteiger partial charge in [0.2, 0.25) is 11.8 Å². The van der Waals surface area contributed by atoms with Crippen molar-refractivity contribution in [3.63, 3.8) is 0 Å². The third kappa shape index (κ3) is 5.41. The summed E-state index contributed by atoms with van der Waals surface area (Å²) in [5, 5.41) is 8.91. The number of Topliss-reactive ketones (excluding diaryl/α,β-unsaturated/α-hetero) is 1. The van der Waals surface area contributed by atoms with E-state index in [-0.39, 0.29) is 24.7 Å². The molecule has 0 spiro atoms. The molecule has 7 heteroatoms. The van der Waals surface area contributed by atoms with Gasteiger partial charge in [0, 0.05) is 31.5 Å². The first kappa shape index (κ1) is 21.6. The Kier molecular flexibility index (Phi) is 6.94. The smallest absolute Gasteiger partial charge is 0.374 e. The first-order valence-corrected chi connectivity index (χ1v) is 9.52. The van der Waals surface area contributed by atoms with E-state index in [9.17, 15) is 19.2 Å². The fourth-order valence-electron chi connectivity index (χ4n) is 3.44. The highest BCUT2D eigenvalue weighted by atomic mass is 16.4. The normalized spacial score (nSPS) is 16.7. The van der Waals surface area contributed by atoms with Crippen LogP contribution in [0.5, 0.6) is 0 Å². The van der Waals surface area contributed by atoms with Crippen molar-refractivity contribution < 1.29 is 24.3 Å². The second kappa shape index (κ2) is 8.99. The Morgan fingerprint density at radius 1 is 1.11 bits per heavy atom. The molecule has 1 aromatic carbocycles. The minimum Gasteiger partial charge on any atom is -0.475 e. The van der Waals surface area contributed by atoms with Gasteiger partial charge in [0.1, 0.15) is 6.04 Å². The molecule has 1 fully saturated rings. The zero-order valence-corrected chi connectivity index (χ0v) is 16.7. The molecule has 0 unspecified atom stereocenters. The Morgan fingerprint density at radius 2 is 1.75 bits per heavy atom. The van der Waals surface area contributed by atoms with E-state index in [4.69, 9.17) is 5.11 Å². The second-order valence-corrected chi connectivity index (χ2v) is 8.05. The third-order valence-corrected chi connectivity index (χ3v) is 4.93. The van der Waals surface area contributed by atoms with Crippen molar-refractivity contribution in [1.29, 1.82) is 0 Å². The number of amides is 2. The van der Waals surface area contributed by atoms with Gasteiger partial charge in [-0.3, -0.25) is 14.4 Å². The van der Waals surface area contributed by atoms with E-state index in [0.717, 1.165) is 5.56 Å². The molecule has 2 rings (SSSR count). The van der Waals surface area contributed by atoms with E-state index in [0.29, 0.717) is 25.9 Å². The van der Waals surface area contributed by atoms with Crippen LogP contribution in [0.3, 0.4) is 0 Å². The lowest BCUT2D eigenvalue weighted by atomic mass is 10.0. The summed E-state index contributed by atoms with van der Waals surface area (Å²) in [6.07, 6.45) is 0.926. The number of rotatable bonds is 7. The zero-order valence-electron chi connectivity index (χ0n) is 16.7. The minimum atomic E-state index is -1.53. The maximum absolute atomic E-state index is 12.8. The van der Waals surface area contributed by atoms with Gasteiger partial charge < -0.3 is 14.9 Å². The van der Waals surface area contributed by atoms with Crippen LogP contribution in [0.15, 0.2) is 30.3 Å².